The van der Waals surface area contributed by atoms with Crippen LogP contribution in [0, 0.1) is 0 Å². The van der Waals surface area contributed by atoms with E-state index < -0.39 is 0 Å². The van der Waals surface area contributed by atoms with Crippen LogP contribution < -0.4 is 5.32 Å². The zero-order valence-electron chi connectivity index (χ0n) is 12.1. The molecule has 1 heterocycles. The first-order chi connectivity index (χ1) is 9.24. The molecule has 4 heteroatoms. The van der Waals surface area contributed by atoms with Gasteiger partial charge < -0.3 is 15.1 Å². The van der Waals surface area contributed by atoms with Crippen LogP contribution in [0.3, 0.4) is 0 Å². The highest BCUT2D eigenvalue weighted by Gasteiger charge is 2.35. The molecule has 1 aliphatic heterocycles. The zero-order chi connectivity index (χ0) is 13.2. The van der Waals surface area contributed by atoms with Gasteiger partial charge in [0.05, 0.1) is 6.04 Å². The van der Waals surface area contributed by atoms with Crippen LogP contribution in [0.15, 0.2) is 0 Å². The molecule has 4 nitrogen and oxygen atoms in total. The Morgan fingerprint density at radius 2 is 1.95 bits per heavy atom. The quantitative estimate of drug-likeness (QED) is 0.784. The molecule has 1 atom stereocenters. The van der Waals surface area contributed by atoms with E-state index in [1.165, 1.54) is 38.5 Å². The Bertz CT molecular complexity index is 323. The van der Waals surface area contributed by atoms with Crippen LogP contribution in [0.25, 0.3) is 0 Å². The average molecular weight is 265 g/mol. The molecule has 19 heavy (non-hydrogen) atoms. The van der Waals surface area contributed by atoms with Crippen LogP contribution in [0.4, 0.5) is 0 Å². The molecule has 2 saturated carbocycles. The van der Waals surface area contributed by atoms with Gasteiger partial charge in [-0.1, -0.05) is 12.8 Å². The minimum Gasteiger partial charge on any atom is -0.340 e. The van der Waals surface area contributed by atoms with Gasteiger partial charge in [0.15, 0.2) is 0 Å². The van der Waals surface area contributed by atoms with Crippen molar-refractivity contribution < 1.29 is 4.79 Å². The molecular formula is C15H27N3O. The molecule has 1 saturated heterocycles. The number of carbonyl (C=O) groups is 1. The summed E-state index contributed by atoms with van der Waals surface area (Å²) in [6.45, 7) is 2.89. The van der Waals surface area contributed by atoms with Crippen molar-refractivity contribution in [3.05, 3.63) is 0 Å². The number of carbonyl (C=O) groups excluding carboxylic acids is 1. The SMILES string of the molecule is CN(CCN1CCC(NC2CC2)C1=O)C1CCCC1. The topological polar surface area (TPSA) is 35.6 Å². The molecule has 3 aliphatic rings. The fourth-order valence-corrected chi connectivity index (χ4v) is 3.46. The van der Waals surface area contributed by atoms with Crippen LogP contribution in [-0.2, 0) is 4.79 Å². The van der Waals surface area contributed by atoms with Gasteiger partial charge in [0.2, 0.25) is 5.91 Å². The third kappa shape index (κ3) is 3.29. The lowest BCUT2D eigenvalue weighted by Crippen LogP contribution is -2.42. The third-order valence-corrected chi connectivity index (χ3v) is 4.98. The Morgan fingerprint density at radius 3 is 2.63 bits per heavy atom. The zero-order valence-corrected chi connectivity index (χ0v) is 12.1. The number of rotatable bonds is 6. The third-order valence-electron chi connectivity index (χ3n) is 4.98. The number of likely N-dealkylation sites (N-methyl/N-ethyl adjacent to an activating group) is 1. The Labute approximate surface area is 116 Å². The summed E-state index contributed by atoms with van der Waals surface area (Å²) in [5.74, 6) is 0.340. The van der Waals surface area contributed by atoms with Gasteiger partial charge in [0.1, 0.15) is 0 Å². The predicted molar refractivity (Wildman–Crippen MR) is 76.0 cm³/mol. The summed E-state index contributed by atoms with van der Waals surface area (Å²) in [5.41, 5.74) is 0. The summed E-state index contributed by atoms with van der Waals surface area (Å²) in [7, 11) is 2.22. The summed E-state index contributed by atoms with van der Waals surface area (Å²) >= 11 is 0. The number of likely N-dealkylation sites (tertiary alicyclic amines) is 1. The molecule has 3 rings (SSSR count). The molecular weight excluding hydrogens is 238 g/mol. The van der Waals surface area contributed by atoms with Gasteiger partial charge >= 0.3 is 0 Å². The van der Waals surface area contributed by atoms with Crippen molar-refractivity contribution in [3.63, 3.8) is 0 Å². The van der Waals surface area contributed by atoms with Crippen LogP contribution in [0.2, 0.25) is 0 Å². The van der Waals surface area contributed by atoms with Gasteiger partial charge in [0.25, 0.3) is 0 Å². The van der Waals surface area contributed by atoms with Gasteiger partial charge in [0, 0.05) is 31.7 Å². The Hall–Kier alpha value is -0.610. The predicted octanol–water partition coefficient (Wildman–Crippen LogP) is 1.21. The first kappa shape index (κ1) is 13.4. The van der Waals surface area contributed by atoms with Gasteiger partial charge in [-0.3, -0.25) is 4.79 Å². The summed E-state index contributed by atoms with van der Waals surface area (Å²) in [6.07, 6.45) is 8.97. The molecule has 2 aliphatic carbocycles. The largest absolute Gasteiger partial charge is 0.340 e. The van der Waals surface area contributed by atoms with E-state index in [-0.39, 0.29) is 6.04 Å². The summed E-state index contributed by atoms with van der Waals surface area (Å²) in [5, 5.41) is 3.47. The minimum atomic E-state index is 0.115. The van der Waals surface area contributed by atoms with Crippen LogP contribution in [0.1, 0.15) is 44.9 Å². The standard InChI is InChI=1S/C15H27N3O/c1-17(13-4-2-3-5-13)10-11-18-9-8-14(15(18)19)16-12-6-7-12/h12-14,16H,2-11H2,1H3. The maximum Gasteiger partial charge on any atom is 0.239 e. The Balaban J connectivity index is 1.41. The van der Waals surface area contributed by atoms with Crippen molar-refractivity contribution >= 4 is 5.91 Å². The first-order valence-corrected chi connectivity index (χ1v) is 7.99. The second kappa shape index (κ2) is 5.80. The molecule has 1 unspecified atom stereocenters. The van der Waals surface area contributed by atoms with Crippen molar-refractivity contribution in [2.75, 3.05) is 26.7 Å². The van der Waals surface area contributed by atoms with Crippen LogP contribution >= 0.6 is 0 Å². The molecule has 1 N–H and O–H groups in total. The van der Waals surface area contributed by atoms with Crippen molar-refractivity contribution in [3.8, 4) is 0 Å². The number of nitrogens with zero attached hydrogens (tertiary/aromatic N) is 2. The van der Waals surface area contributed by atoms with Crippen molar-refractivity contribution in [2.45, 2.75) is 63.1 Å². The van der Waals surface area contributed by atoms with E-state index in [0.29, 0.717) is 11.9 Å². The Morgan fingerprint density at radius 1 is 1.21 bits per heavy atom. The lowest BCUT2D eigenvalue weighted by molar-refractivity contribution is -0.129. The number of hydrogen-bond acceptors (Lipinski definition) is 3. The maximum atomic E-state index is 12.2. The fraction of sp³-hybridized carbons (Fsp3) is 0.933. The molecule has 0 bridgehead atoms. The monoisotopic (exact) mass is 265 g/mol. The highest BCUT2D eigenvalue weighted by Crippen LogP contribution is 2.24. The first-order valence-electron chi connectivity index (χ1n) is 7.99. The highest BCUT2D eigenvalue weighted by atomic mass is 16.2. The van der Waals surface area contributed by atoms with E-state index in [1.54, 1.807) is 0 Å². The van der Waals surface area contributed by atoms with E-state index in [1.807, 2.05) is 0 Å². The van der Waals surface area contributed by atoms with Gasteiger partial charge in [-0.25, -0.2) is 0 Å². The lowest BCUT2D eigenvalue weighted by atomic mass is 10.2. The molecule has 0 radical (unpaired) electrons. The molecule has 0 aromatic heterocycles. The smallest absolute Gasteiger partial charge is 0.239 e. The second-order valence-electron chi connectivity index (χ2n) is 6.53. The van der Waals surface area contributed by atoms with E-state index in [9.17, 15) is 4.79 Å². The summed E-state index contributed by atoms with van der Waals surface area (Å²) in [6, 6.07) is 1.51. The van der Waals surface area contributed by atoms with Crippen molar-refractivity contribution in [1.29, 1.82) is 0 Å². The second-order valence-corrected chi connectivity index (χ2v) is 6.53. The molecule has 108 valence electrons. The van der Waals surface area contributed by atoms with E-state index in [0.717, 1.165) is 32.1 Å². The van der Waals surface area contributed by atoms with Gasteiger partial charge in [-0.05, 0) is 39.2 Å². The number of amides is 1. The van der Waals surface area contributed by atoms with Crippen LogP contribution in [0.5, 0.6) is 0 Å². The van der Waals surface area contributed by atoms with Gasteiger partial charge in [-0.15, -0.1) is 0 Å². The van der Waals surface area contributed by atoms with E-state index in [2.05, 4.69) is 22.2 Å². The normalized spacial score (nSPS) is 28.8. The molecule has 1 amide bonds. The number of nitrogens with one attached hydrogen (secondary N) is 1. The van der Waals surface area contributed by atoms with E-state index >= 15 is 0 Å². The molecule has 0 aromatic carbocycles. The summed E-state index contributed by atoms with van der Waals surface area (Å²) < 4.78 is 0. The minimum absolute atomic E-state index is 0.115. The lowest BCUT2D eigenvalue weighted by Gasteiger charge is -2.26. The van der Waals surface area contributed by atoms with Crippen LogP contribution in [-0.4, -0.2) is 60.5 Å². The Kier molecular flexibility index (Phi) is 4.08. The van der Waals surface area contributed by atoms with Crippen molar-refractivity contribution in [2.24, 2.45) is 0 Å². The van der Waals surface area contributed by atoms with Crippen molar-refractivity contribution in [1.82, 2.24) is 15.1 Å². The van der Waals surface area contributed by atoms with E-state index in [4.69, 9.17) is 0 Å². The molecule has 3 fully saturated rings. The fourth-order valence-electron chi connectivity index (χ4n) is 3.46. The maximum absolute atomic E-state index is 12.2. The summed E-state index contributed by atoms with van der Waals surface area (Å²) in [4.78, 5) is 16.8. The number of hydrogen-bond donors (Lipinski definition) is 1. The molecule has 0 aromatic rings. The highest BCUT2D eigenvalue weighted by molar-refractivity contribution is 5.84. The molecule has 0 spiro atoms. The average Bonchev–Trinajstić information content (AvgIpc) is 2.92. The van der Waals surface area contributed by atoms with Gasteiger partial charge in [-0.2, -0.15) is 0 Å².